The Morgan fingerprint density at radius 1 is 1.30 bits per heavy atom. The Kier molecular flexibility index (Phi) is 4.60. The molecule has 3 saturated carbocycles. The summed E-state index contributed by atoms with van der Waals surface area (Å²) in [5, 5.41) is 13.4. The van der Waals surface area contributed by atoms with Crippen molar-refractivity contribution in [1.29, 1.82) is 0 Å². The standard InChI is InChI=1S/C25H23ClN4O3/c1-5-24-10-25(11-24,12-24)23-29-19-15(8-13(2)9-16(19)21(31)30(23)4)14(3)27-17-6-7-18(26)28-20(17)22(32)33/h1,6-9,14,27H,10-12H2,2-4H3,(H,32,33)/t14-,24?,25?/m1/s1. The maximum absolute atomic E-state index is 13.3. The molecule has 0 aliphatic heterocycles. The number of fused-ring (bicyclic) bond motifs is 1. The van der Waals surface area contributed by atoms with Gasteiger partial charge in [-0.3, -0.25) is 9.36 Å². The molecule has 1 atom stereocenters. The van der Waals surface area contributed by atoms with Crippen LogP contribution in [0.25, 0.3) is 10.9 Å². The fraction of sp³-hybridized carbons (Fsp3) is 0.360. The van der Waals surface area contributed by atoms with Gasteiger partial charge in [-0.2, -0.15) is 0 Å². The van der Waals surface area contributed by atoms with Gasteiger partial charge in [-0.05, 0) is 56.9 Å². The maximum atomic E-state index is 13.3. The van der Waals surface area contributed by atoms with Gasteiger partial charge in [-0.25, -0.2) is 14.8 Å². The number of nitrogens with one attached hydrogen (secondary N) is 1. The van der Waals surface area contributed by atoms with E-state index in [2.05, 4.69) is 16.2 Å². The third-order valence-electron chi connectivity index (χ3n) is 7.07. The van der Waals surface area contributed by atoms with Gasteiger partial charge in [0.2, 0.25) is 0 Å². The summed E-state index contributed by atoms with van der Waals surface area (Å²) < 4.78 is 1.66. The summed E-state index contributed by atoms with van der Waals surface area (Å²) in [6.45, 7) is 3.83. The summed E-state index contributed by atoms with van der Waals surface area (Å²) >= 11 is 5.89. The minimum Gasteiger partial charge on any atom is -0.476 e. The largest absolute Gasteiger partial charge is 0.476 e. The molecule has 8 heteroatoms. The molecule has 1 aromatic carbocycles. The first-order valence-corrected chi connectivity index (χ1v) is 11.1. The summed E-state index contributed by atoms with van der Waals surface area (Å²) in [5.74, 6) is 2.50. The van der Waals surface area contributed by atoms with Crippen LogP contribution in [0.5, 0.6) is 0 Å². The highest BCUT2D eigenvalue weighted by Gasteiger charge is 2.69. The van der Waals surface area contributed by atoms with Crippen LogP contribution in [0.2, 0.25) is 5.15 Å². The molecule has 0 radical (unpaired) electrons. The van der Waals surface area contributed by atoms with Crippen LogP contribution in [0.1, 0.15) is 59.7 Å². The van der Waals surface area contributed by atoms with Crippen molar-refractivity contribution in [3.8, 4) is 12.3 Å². The number of carboxylic acid groups (broad SMARTS) is 1. The number of anilines is 1. The minimum absolute atomic E-state index is 0.0353. The topological polar surface area (TPSA) is 97.1 Å². The first-order chi connectivity index (χ1) is 15.6. The molecule has 3 aliphatic carbocycles. The van der Waals surface area contributed by atoms with Crippen LogP contribution in [0.4, 0.5) is 5.69 Å². The molecule has 7 nitrogen and oxygen atoms in total. The number of carbonyl (C=O) groups is 1. The number of rotatable bonds is 5. The van der Waals surface area contributed by atoms with Gasteiger partial charge in [0.05, 0.1) is 22.6 Å². The fourth-order valence-electron chi connectivity index (χ4n) is 5.56. The highest BCUT2D eigenvalue weighted by molar-refractivity contribution is 6.29. The second-order valence-corrected chi connectivity index (χ2v) is 9.87. The quantitative estimate of drug-likeness (QED) is 0.435. The van der Waals surface area contributed by atoms with Gasteiger partial charge >= 0.3 is 5.97 Å². The number of aromatic carboxylic acids is 1. The zero-order chi connectivity index (χ0) is 23.7. The summed E-state index contributed by atoms with van der Waals surface area (Å²) in [6, 6.07) is 6.61. The molecular formula is C25H23ClN4O3. The van der Waals surface area contributed by atoms with E-state index in [1.165, 1.54) is 6.07 Å². The van der Waals surface area contributed by atoms with E-state index in [1.807, 2.05) is 26.0 Å². The Hall–Kier alpha value is -3.37. The highest BCUT2D eigenvalue weighted by atomic mass is 35.5. The molecule has 3 fully saturated rings. The van der Waals surface area contributed by atoms with Crippen molar-refractivity contribution in [2.75, 3.05) is 5.32 Å². The molecule has 0 unspecified atom stereocenters. The Morgan fingerprint density at radius 2 is 2.00 bits per heavy atom. The van der Waals surface area contributed by atoms with Gasteiger partial charge in [-0.15, -0.1) is 6.42 Å². The molecule has 168 valence electrons. The Bertz CT molecular complexity index is 1430. The van der Waals surface area contributed by atoms with Crippen molar-refractivity contribution in [2.24, 2.45) is 12.5 Å². The lowest BCUT2D eigenvalue weighted by Crippen LogP contribution is -2.65. The molecular weight excluding hydrogens is 440 g/mol. The van der Waals surface area contributed by atoms with Gasteiger partial charge < -0.3 is 10.4 Å². The molecule has 2 heterocycles. The lowest BCUT2D eigenvalue weighted by molar-refractivity contribution is -0.0990. The number of benzene rings is 1. The number of pyridine rings is 1. The lowest BCUT2D eigenvalue weighted by Gasteiger charge is -2.67. The summed E-state index contributed by atoms with van der Waals surface area (Å²) in [5.41, 5.74) is 2.27. The van der Waals surface area contributed by atoms with E-state index >= 15 is 0 Å². The normalized spacial score (nSPS) is 23.8. The molecule has 0 saturated heterocycles. The fourth-order valence-corrected chi connectivity index (χ4v) is 5.71. The van der Waals surface area contributed by atoms with E-state index in [9.17, 15) is 14.7 Å². The van der Waals surface area contributed by atoms with Crippen molar-refractivity contribution in [3.63, 3.8) is 0 Å². The predicted molar refractivity (Wildman–Crippen MR) is 127 cm³/mol. The van der Waals surface area contributed by atoms with E-state index in [1.54, 1.807) is 17.7 Å². The molecule has 2 N–H and O–H groups in total. The monoisotopic (exact) mass is 462 g/mol. The Balaban J connectivity index is 1.61. The van der Waals surface area contributed by atoms with Gasteiger partial charge in [-0.1, -0.05) is 23.6 Å². The minimum atomic E-state index is -1.18. The third kappa shape index (κ3) is 3.12. The van der Waals surface area contributed by atoms with Gasteiger partial charge in [0.15, 0.2) is 5.69 Å². The van der Waals surface area contributed by atoms with Crippen LogP contribution in [0, 0.1) is 24.7 Å². The van der Waals surface area contributed by atoms with Crippen LogP contribution in [-0.2, 0) is 12.5 Å². The van der Waals surface area contributed by atoms with Crippen LogP contribution in [-0.4, -0.2) is 25.6 Å². The van der Waals surface area contributed by atoms with Crippen LogP contribution < -0.4 is 10.9 Å². The second-order valence-electron chi connectivity index (χ2n) is 9.49. The number of nitrogens with zero attached hydrogens (tertiary/aromatic N) is 3. The third-order valence-corrected chi connectivity index (χ3v) is 7.28. The van der Waals surface area contributed by atoms with Crippen molar-refractivity contribution >= 4 is 34.2 Å². The van der Waals surface area contributed by atoms with E-state index in [-0.39, 0.29) is 33.3 Å². The number of aromatic nitrogens is 3. The zero-order valence-corrected chi connectivity index (χ0v) is 19.3. The summed E-state index contributed by atoms with van der Waals surface area (Å²) in [4.78, 5) is 33.9. The number of hydrogen-bond acceptors (Lipinski definition) is 5. The average molecular weight is 463 g/mol. The first kappa shape index (κ1) is 21.5. The van der Waals surface area contributed by atoms with Crippen molar-refractivity contribution in [2.45, 2.75) is 44.6 Å². The Morgan fingerprint density at radius 3 is 2.64 bits per heavy atom. The summed E-state index contributed by atoms with van der Waals surface area (Å²) in [6.07, 6.45) is 8.27. The molecule has 2 bridgehead atoms. The highest BCUT2D eigenvalue weighted by Crippen LogP contribution is 2.72. The number of aryl methyl sites for hydroxylation is 1. The van der Waals surface area contributed by atoms with Crippen LogP contribution in [0.15, 0.2) is 29.1 Å². The molecule has 0 amide bonds. The van der Waals surface area contributed by atoms with Crippen molar-refractivity contribution < 1.29 is 9.90 Å². The molecule has 6 rings (SSSR count). The molecule has 2 aromatic heterocycles. The number of terminal acetylenes is 1. The van der Waals surface area contributed by atoms with E-state index < -0.39 is 5.97 Å². The van der Waals surface area contributed by atoms with E-state index in [0.717, 1.165) is 36.2 Å². The molecule has 33 heavy (non-hydrogen) atoms. The van der Waals surface area contributed by atoms with E-state index in [0.29, 0.717) is 16.6 Å². The van der Waals surface area contributed by atoms with Crippen LogP contribution >= 0.6 is 11.6 Å². The lowest BCUT2D eigenvalue weighted by atomic mass is 9.35. The molecule has 0 spiro atoms. The van der Waals surface area contributed by atoms with Crippen molar-refractivity contribution in [3.05, 3.63) is 62.4 Å². The average Bonchev–Trinajstić information content (AvgIpc) is 2.71. The molecule has 3 aromatic rings. The van der Waals surface area contributed by atoms with Gasteiger partial charge in [0.25, 0.3) is 5.56 Å². The first-order valence-electron chi connectivity index (χ1n) is 10.7. The summed E-state index contributed by atoms with van der Waals surface area (Å²) in [7, 11) is 1.77. The van der Waals surface area contributed by atoms with Crippen molar-refractivity contribution in [1.82, 2.24) is 14.5 Å². The smallest absolute Gasteiger partial charge is 0.356 e. The maximum Gasteiger partial charge on any atom is 0.356 e. The van der Waals surface area contributed by atoms with Crippen LogP contribution in [0.3, 0.4) is 0 Å². The SMILES string of the molecule is C#CC12CC(c3nc4c([C@@H](C)Nc5ccc(Cl)nc5C(=O)O)cc(C)cc4c(=O)n3C)(C1)C2. The number of hydrogen-bond donors (Lipinski definition) is 2. The van der Waals surface area contributed by atoms with E-state index in [4.69, 9.17) is 23.0 Å². The van der Waals surface area contributed by atoms with Gasteiger partial charge in [0, 0.05) is 23.4 Å². The zero-order valence-electron chi connectivity index (χ0n) is 18.6. The number of carboxylic acids is 1. The molecule has 3 aliphatic rings. The predicted octanol–water partition coefficient (Wildman–Crippen LogP) is 4.22. The second kappa shape index (κ2) is 7.06. The Labute approximate surface area is 195 Å². The number of halogens is 1. The van der Waals surface area contributed by atoms with Gasteiger partial charge in [0.1, 0.15) is 11.0 Å².